The molecule has 0 saturated heterocycles. The fourth-order valence-corrected chi connectivity index (χ4v) is 3.97. The first-order valence-electron chi connectivity index (χ1n) is 9.24. The summed E-state index contributed by atoms with van der Waals surface area (Å²) in [5, 5.41) is 3.96. The van der Waals surface area contributed by atoms with Crippen molar-refractivity contribution in [2.24, 2.45) is 0 Å². The molecule has 0 amide bonds. The molecule has 31 heavy (non-hydrogen) atoms. The predicted molar refractivity (Wildman–Crippen MR) is 111 cm³/mol. The molecule has 0 spiro atoms. The molecule has 11 heteroatoms. The Hall–Kier alpha value is -3.31. The third kappa shape index (κ3) is 4.57. The summed E-state index contributed by atoms with van der Waals surface area (Å²) >= 11 is 0. The van der Waals surface area contributed by atoms with E-state index in [2.05, 4.69) is 24.8 Å². The first kappa shape index (κ1) is 20.9. The van der Waals surface area contributed by atoms with E-state index in [1.807, 2.05) is 18.2 Å². The van der Waals surface area contributed by atoms with Crippen molar-refractivity contribution in [2.45, 2.75) is 19.4 Å². The molecule has 3 aromatic heterocycles. The number of hydrogen-bond donors (Lipinski definition) is 1. The van der Waals surface area contributed by atoms with Crippen molar-refractivity contribution in [2.75, 3.05) is 6.26 Å². The molecule has 4 aromatic rings. The molecule has 1 atom stereocenters. The van der Waals surface area contributed by atoms with Gasteiger partial charge in [0, 0.05) is 11.6 Å². The van der Waals surface area contributed by atoms with Crippen LogP contribution >= 0.6 is 0 Å². The normalized spacial score (nSPS) is 13.1. The average Bonchev–Trinajstić information content (AvgIpc) is 3.16. The minimum atomic E-state index is -3.36. The Kier molecular flexibility index (Phi) is 5.46. The highest BCUT2D eigenvalue weighted by Crippen LogP contribution is 2.26. The van der Waals surface area contributed by atoms with Crippen LogP contribution in [-0.2, 0) is 10.0 Å². The van der Waals surface area contributed by atoms with Gasteiger partial charge in [0.05, 0.1) is 23.8 Å². The summed E-state index contributed by atoms with van der Waals surface area (Å²) < 4.78 is 53.0. The van der Waals surface area contributed by atoms with E-state index in [0.29, 0.717) is 22.7 Å². The number of halogens is 2. The Morgan fingerprint density at radius 2 is 1.81 bits per heavy atom. The Morgan fingerprint density at radius 1 is 1.03 bits per heavy atom. The van der Waals surface area contributed by atoms with Gasteiger partial charge >= 0.3 is 0 Å². The zero-order chi connectivity index (χ0) is 22.2. The number of sulfonamides is 1. The van der Waals surface area contributed by atoms with E-state index in [-0.39, 0.29) is 5.69 Å². The van der Waals surface area contributed by atoms with Crippen LogP contribution in [0.25, 0.3) is 28.3 Å². The fraction of sp³-hybridized carbons (Fsp3) is 0.200. The van der Waals surface area contributed by atoms with Gasteiger partial charge in [0.2, 0.25) is 10.0 Å². The van der Waals surface area contributed by atoms with Gasteiger partial charge in [0.15, 0.2) is 5.65 Å². The lowest BCUT2D eigenvalue weighted by molar-refractivity contribution is 0.144. The predicted octanol–water partition coefficient (Wildman–Crippen LogP) is 3.40. The van der Waals surface area contributed by atoms with Gasteiger partial charge in [-0.15, -0.1) is 0 Å². The summed E-state index contributed by atoms with van der Waals surface area (Å²) in [4.78, 5) is 12.7. The molecule has 4 rings (SSSR count). The Balaban J connectivity index is 1.72. The van der Waals surface area contributed by atoms with E-state index >= 15 is 0 Å². The minimum absolute atomic E-state index is 0.360. The van der Waals surface area contributed by atoms with Gasteiger partial charge in [-0.1, -0.05) is 18.2 Å². The smallest absolute Gasteiger partial charge is 0.236 e. The second-order valence-corrected chi connectivity index (χ2v) is 8.78. The van der Waals surface area contributed by atoms with Gasteiger partial charge in [-0.2, -0.15) is 5.10 Å². The Morgan fingerprint density at radius 3 is 2.55 bits per heavy atom. The SMILES string of the molecule is CC(NS(C)(=O)=O)c1cccc(-c2cc(-c3cnc4ccc(C(F)F)nn34)ncn2)c1. The number of aromatic nitrogens is 5. The summed E-state index contributed by atoms with van der Waals surface area (Å²) in [5.74, 6) is 0. The molecule has 8 nitrogen and oxygen atoms in total. The first-order valence-corrected chi connectivity index (χ1v) is 11.1. The fourth-order valence-electron chi connectivity index (χ4n) is 3.19. The molecule has 0 aliphatic carbocycles. The van der Waals surface area contributed by atoms with Crippen LogP contribution in [0.3, 0.4) is 0 Å². The zero-order valence-electron chi connectivity index (χ0n) is 16.6. The molecule has 0 saturated carbocycles. The second-order valence-electron chi connectivity index (χ2n) is 7.00. The van der Waals surface area contributed by atoms with Crippen LogP contribution in [0.15, 0.2) is 55.0 Å². The van der Waals surface area contributed by atoms with E-state index in [1.165, 1.54) is 29.2 Å². The molecule has 3 heterocycles. The van der Waals surface area contributed by atoms with Gasteiger partial charge in [-0.3, -0.25) is 0 Å². The van der Waals surface area contributed by atoms with Gasteiger partial charge in [-0.25, -0.2) is 41.4 Å². The van der Waals surface area contributed by atoms with Crippen LogP contribution < -0.4 is 4.72 Å². The topological polar surface area (TPSA) is 102 Å². The summed E-state index contributed by atoms with van der Waals surface area (Å²) in [6.45, 7) is 1.75. The first-order chi connectivity index (χ1) is 14.7. The highest BCUT2D eigenvalue weighted by atomic mass is 32.2. The van der Waals surface area contributed by atoms with Crippen molar-refractivity contribution in [1.82, 2.24) is 29.3 Å². The van der Waals surface area contributed by atoms with Gasteiger partial charge < -0.3 is 0 Å². The standard InChI is InChI=1S/C20H18F2N6O2S/c1-12(27-31(2,29)30)13-4-3-5-14(8-13)16-9-17(25-11-24-16)18-10-23-19-7-6-15(20(21)22)26-28(18)19/h3-12,20,27H,1-2H3. The second kappa shape index (κ2) is 8.08. The lowest BCUT2D eigenvalue weighted by Gasteiger charge is -2.14. The molecule has 0 fully saturated rings. The summed E-state index contributed by atoms with van der Waals surface area (Å²) in [6, 6.07) is 11.3. The molecule has 0 radical (unpaired) electrons. The van der Waals surface area contributed by atoms with Crippen molar-refractivity contribution in [3.05, 3.63) is 66.2 Å². The molecule has 0 aliphatic rings. The highest BCUT2D eigenvalue weighted by molar-refractivity contribution is 7.88. The monoisotopic (exact) mass is 444 g/mol. The summed E-state index contributed by atoms with van der Waals surface area (Å²) in [5.41, 5.74) is 3.06. The van der Waals surface area contributed by atoms with E-state index in [1.54, 1.807) is 19.1 Å². The molecule has 1 N–H and O–H groups in total. The molecule has 1 unspecified atom stereocenters. The molecular formula is C20H18F2N6O2S. The van der Waals surface area contributed by atoms with E-state index < -0.39 is 22.5 Å². The Labute approximate surface area is 177 Å². The number of rotatable bonds is 6. The largest absolute Gasteiger partial charge is 0.282 e. The minimum Gasteiger partial charge on any atom is -0.236 e. The van der Waals surface area contributed by atoms with Crippen LogP contribution in [0, 0.1) is 0 Å². The summed E-state index contributed by atoms with van der Waals surface area (Å²) in [6.07, 6.45) is 1.28. The molecule has 160 valence electrons. The number of fused-ring (bicyclic) bond motifs is 1. The van der Waals surface area contributed by atoms with Crippen molar-refractivity contribution < 1.29 is 17.2 Å². The number of imidazole rings is 1. The quantitative estimate of drug-likeness (QED) is 0.489. The maximum atomic E-state index is 13.1. The maximum Gasteiger partial charge on any atom is 0.282 e. The van der Waals surface area contributed by atoms with Crippen molar-refractivity contribution in [3.63, 3.8) is 0 Å². The number of nitrogens with one attached hydrogen (secondary N) is 1. The van der Waals surface area contributed by atoms with Crippen LogP contribution in [0.2, 0.25) is 0 Å². The zero-order valence-corrected chi connectivity index (χ0v) is 17.4. The van der Waals surface area contributed by atoms with Crippen LogP contribution in [-0.4, -0.2) is 39.2 Å². The average molecular weight is 444 g/mol. The van der Waals surface area contributed by atoms with E-state index in [0.717, 1.165) is 17.4 Å². The van der Waals surface area contributed by atoms with Gasteiger partial charge in [0.25, 0.3) is 6.43 Å². The third-order valence-electron chi connectivity index (χ3n) is 4.61. The lowest BCUT2D eigenvalue weighted by Crippen LogP contribution is -2.25. The van der Waals surface area contributed by atoms with Crippen LogP contribution in [0.1, 0.15) is 30.6 Å². The molecule has 1 aromatic carbocycles. The lowest BCUT2D eigenvalue weighted by atomic mass is 10.0. The number of hydrogen-bond acceptors (Lipinski definition) is 6. The Bertz CT molecular complexity index is 1360. The van der Waals surface area contributed by atoms with Gasteiger partial charge in [-0.05, 0) is 36.8 Å². The third-order valence-corrected chi connectivity index (χ3v) is 5.39. The number of benzene rings is 1. The van der Waals surface area contributed by atoms with E-state index in [9.17, 15) is 17.2 Å². The van der Waals surface area contributed by atoms with Crippen molar-refractivity contribution >= 4 is 15.7 Å². The molecule has 0 bridgehead atoms. The summed E-state index contributed by atoms with van der Waals surface area (Å²) in [7, 11) is -3.36. The number of alkyl halides is 2. The number of nitrogens with zero attached hydrogens (tertiary/aromatic N) is 5. The highest BCUT2D eigenvalue weighted by Gasteiger charge is 2.16. The van der Waals surface area contributed by atoms with E-state index in [4.69, 9.17) is 0 Å². The van der Waals surface area contributed by atoms with Gasteiger partial charge in [0.1, 0.15) is 17.7 Å². The van der Waals surface area contributed by atoms with Crippen LogP contribution in [0.5, 0.6) is 0 Å². The van der Waals surface area contributed by atoms with Crippen LogP contribution in [0.4, 0.5) is 8.78 Å². The molecular weight excluding hydrogens is 426 g/mol. The van der Waals surface area contributed by atoms with Crippen molar-refractivity contribution in [1.29, 1.82) is 0 Å². The van der Waals surface area contributed by atoms with Crippen molar-refractivity contribution in [3.8, 4) is 22.6 Å². The molecule has 0 aliphatic heterocycles. The maximum absolute atomic E-state index is 13.1.